The lowest BCUT2D eigenvalue weighted by Gasteiger charge is -2.04. The van der Waals surface area contributed by atoms with E-state index in [0.717, 1.165) is 0 Å². The van der Waals surface area contributed by atoms with Gasteiger partial charge in [-0.05, 0) is 24.3 Å². The van der Waals surface area contributed by atoms with E-state index in [1.54, 1.807) is 28.8 Å². The zero-order chi connectivity index (χ0) is 13.4. The first-order valence-corrected chi connectivity index (χ1v) is 5.78. The lowest BCUT2D eigenvalue weighted by Crippen LogP contribution is -1.94. The van der Waals surface area contributed by atoms with Crippen LogP contribution in [0.15, 0.2) is 36.5 Å². The Hall–Kier alpha value is -2.45. The van der Waals surface area contributed by atoms with Crippen LogP contribution in [0.2, 0.25) is 5.02 Å². The highest BCUT2D eigenvalue weighted by atomic mass is 35.5. The van der Waals surface area contributed by atoms with Crippen LogP contribution in [0.1, 0.15) is 5.56 Å². The third-order valence-electron chi connectivity index (χ3n) is 2.72. The maximum Gasteiger partial charge on any atom is 0.172 e. The number of fused-ring (bicyclic) bond motifs is 1. The zero-order valence-electron chi connectivity index (χ0n) is 9.51. The average molecular weight is 273 g/mol. The summed E-state index contributed by atoms with van der Waals surface area (Å²) in [5, 5.41) is 17.0. The van der Waals surface area contributed by atoms with Crippen LogP contribution in [0, 0.1) is 17.1 Å². The Morgan fingerprint density at radius 3 is 2.79 bits per heavy atom. The molecule has 0 aliphatic carbocycles. The first-order valence-electron chi connectivity index (χ1n) is 5.40. The quantitative estimate of drug-likeness (QED) is 0.684. The Labute approximate surface area is 112 Å². The van der Waals surface area contributed by atoms with Crippen LogP contribution in [0.3, 0.4) is 0 Å². The summed E-state index contributed by atoms with van der Waals surface area (Å²) < 4.78 is 15.4. The number of pyridine rings is 1. The Bertz CT molecular complexity index is 799. The fourth-order valence-electron chi connectivity index (χ4n) is 1.84. The highest BCUT2D eigenvalue weighted by molar-refractivity contribution is 6.33. The molecule has 0 aliphatic heterocycles. The molecule has 0 saturated carbocycles. The smallest absolute Gasteiger partial charge is 0.172 e. The van der Waals surface area contributed by atoms with Crippen LogP contribution >= 0.6 is 11.6 Å². The first-order chi connectivity index (χ1) is 9.20. The SMILES string of the molecule is N#Cc1ccc2nnc(-c3c(F)cccc3Cl)n2c1. The number of rotatable bonds is 1. The van der Waals surface area contributed by atoms with Crippen LogP contribution in [0.25, 0.3) is 17.0 Å². The van der Waals surface area contributed by atoms with Crippen LogP contribution in [-0.2, 0) is 0 Å². The van der Waals surface area contributed by atoms with Crippen molar-refractivity contribution < 1.29 is 4.39 Å². The largest absolute Gasteiger partial charge is 0.281 e. The van der Waals surface area contributed by atoms with E-state index in [9.17, 15) is 4.39 Å². The van der Waals surface area contributed by atoms with Crippen molar-refractivity contribution in [1.29, 1.82) is 5.26 Å². The minimum absolute atomic E-state index is 0.173. The number of aromatic nitrogens is 3. The van der Waals surface area contributed by atoms with Crippen molar-refractivity contribution >= 4 is 17.2 Å². The molecule has 4 nitrogen and oxygen atoms in total. The summed E-state index contributed by atoms with van der Waals surface area (Å²) in [6.45, 7) is 0. The Morgan fingerprint density at radius 2 is 2.05 bits per heavy atom. The summed E-state index contributed by atoms with van der Waals surface area (Å²) >= 11 is 6.01. The molecule has 2 aromatic heterocycles. The van der Waals surface area contributed by atoms with Crippen molar-refractivity contribution in [3.05, 3.63) is 52.9 Å². The molecule has 0 aliphatic rings. The van der Waals surface area contributed by atoms with Gasteiger partial charge in [-0.2, -0.15) is 5.26 Å². The van der Waals surface area contributed by atoms with Crippen LogP contribution < -0.4 is 0 Å². The van der Waals surface area contributed by atoms with Crippen molar-refractivity contribution in [3.8, 4) is 17.5 Å². The first kappa shape index (κ1) is 11.6. The van der Waals surface area contributed by atoms with Crippen molar-refractivity contribution in [1.82, 2.24) is 14.6 Å². The highest BCUT2D eigenvalue weighted by Crippen LogP contribution is 2.29. The second-order valence-electron chi connectivity index (χ2n) is 3.88. The molecule has 0 spiro atoms. The lowest BCUT2D eigenvalue weighted by atomic mass is 10.2. The molecule has 0 bridgehead atoms. The van der Waals surface area contributed by atoms with Gasteiger partial charge in [0.15, 0.2) is 11.5 Å². The standard InChI is InChI=1S/C13H6ClFN4/c14-9-2-1-3-10(15)12(9)13-18-17-11-5-4-8(6-16)7-19(11)13/h1-5,7H. The van der Waals surface area contributed by atoms with Crippen molar-refractivity contribution in [2.75, 3.05) is 0 Å². The molecule has 0 unspecified atom stereocenters. The molecule has 19 heavy (non-hydrogen) atoms. The predicted octanol–water partition coefficient (Wildman–Crippen LogP) is 3.06. The molecule has 0 N–H and O–H groups in total. The van der Waals surface area contributed by atoms with E-state index >= 15 is 0 Å². The predicted molar refractivity (Wildman–Crippen MR) is 68.1 cm³/mol. The van der Waals surface area contributed by atoms with Gasteiger partial charge in [0.2, 0.25) is 0 Å². The molecule has 0 radical (unpaired) electrons. The van der Waals surface area contributed by atoms with E-state index in [1.807, 2.05) is 6.07 Å². The second kappa shape index (κ2) is 4.34. The van der Waals surface area contributed by atoms with Gasteiger partial charge in [-0.15, -0.1) is 10.2 Å². The zero-order valence-corrected chi connectivity index (χ0v) is 10.3. The molecular weight excluding hydrogens is 267 g/mol. The summed E-state index contributed by atoms with van der Waals surface area (Å²) in [5.74, 6) is -0.209. The van der Waals surface area contributed by atoms with Gasteiger partial charge in [-0.1, -0.05) is 17.7 Å². The van der Waals surface area contributed by atoms with E-state index in [0.29, 0.717) is 11.2 Å². The number of halogens is 2. The monoisotopic (exact) mass is 272 g/mol. The van der Waals surface area contributed by atoms with Crippen LogP contribution in [0.4, 0.5) is 4.39 Å². The molecule has 6 heteroatoms. The topological polar surface area (TPSA) is 54.0 Å². The summed E-state index contributed by atoms with van der Waals surface area (Å²) in [7, 11) is 0. The third-order valence-corrected chi connectivity index (χ3v) is 3.03. The number of nitrogens with zero attached hydrogens (tertiary/aromatic N) is 4. The summed E-state index contributed by atoms with van der Waals surface area (Å²) in [6, 6.07) is 9.68. The highest BCUT2D eigenvalue weighted by Gasteiger charge is 2.16. The molecule has 1 aromatic carbocycles. The van der Waals surface area contributed by atoms with Crippen LogP contribution in [0.5, 0.6) is 0 Å². The van der Waals surface area contributed by atoms with Crippen molar-refractivity contribution in [2.24, 2.45) is 0 Å². The van der Waals surface area contributed by atoms with Crippen LogP contribution in [-0.4, -0.2) is 14.6 Å². The molecule has 3 rings (SSSR count). The minimum Gasteiger partial charge on any atom is -0.281 e. The second-order valence-corrected chi connectivity index (χ2v) is 4.29. The summed E-state index contributed by atoms with van der Waals surface area (Å²) in [5.41, 5.74) is 1.13. The minimum atomic E-state index is -0.482. The van der Waals surface area contributed by atoms with Gasteiger partial charge in [-0.25, -0.2) is 4.39 Å². The normalized spacial score (nSPS) is 10.6. The fourth-order valence-corrected chi connectivity index (χ4v) is 2.09. The molecular formula is C13H6ClFN4. The molecule has 0 amide bonds. The van der Waals surface area contributed by atoms with E-state index in [1.165, 1.54) is 12.1 Å². The van der Waals surface area contributed by atoms with Gasteiger partial charge in [-0.3, -0.25) is 4.40 Å². The molecule has 0 atom stereocenters. The summed E-state index contributed by atoms with van der Waals surface area (Å²) in [4.78, 5) is 0. The average Bonchev–Trinajstić information content (AvgIpc) is 2.81. The maximum absolute atomic E-state index is 13.9. The van der Waals surface area contributed by atoms with Gasteiger partial charge in [0.25, 0.3) is 0 Å². The van der Waals surface area contributed by atoms with E-state index in [-0.39, 0.29) is 16.4 Å². The maximum atomic E-state index is 13.9. The summed E-state index contributed by atoms with van der Waals surface area (Å²) in [6.07, 6.45) is 1.55. The number of benzene rings is 1. The van der Waals surface area contributed by atoms with Gasteiger partial charge in [0.1, 0.15) is 11.9 Å². The number of hydrogen-bond donors (Lipinski definition) is 0. The molecule has 92 valence electrons. The van der Waals surface area contributed by atoms with Gasteiger partial charge in [0.05, 0.1) is 16.1 Å². The van der Waals surface area contributed by atoms with E-state index in [2.05, 4.69) is 10.2 Å². The number of nitriles is 1. The Kier molecular flexibility index (Phi) is 2.65. The third kappa shape index (κ3) is 1.83. The fraction of sp³-hybridized carbons (Fsp3) is 0. The molecule has 2 heterocycles. The van der Waals surface area contributed by atoms with Crippen molar-refractivity contribution in [3.63, 3.8) is 0 Å². The van der Waals surface area contributed by atoms with E-state index < -0.39 is 5.82 Å². The molecule has 3 aromatic rings. The molecule has 0 saturated heterocycles. The Morgan fingerprint density at radius 1 is 1.21 bits per heavy atom. The lowest BCUT2D eigenvalue weighted by molar-refractivity contribution is 0.630. The Balaban J connectivity index is 2.34. The number of hydrogen-bond acceptors (Lipinski definition) is 3. The van der Waals surface area contributed by atoms with Gasteiger partial charge >= 0.3 is 0 Å². The van der Waals surface area contributed by atoms with Crippen molar-refractivity contribution in [2.45, 2.75) is 0 Å². The molecule has 0 fully saturated rings. The van der Waals surface area contributed by atoms with E-state index in [4.69, 9.17) is 16.9 Å². The van der Waals surface area contributed by atoms with Gasteiger partial charge < -0.3 is 0 Å². The van der Waals surface area contributed by atoms with Gasteiger partial charge in [0, 0.05) is 6.20 Å².